The number of nitrogens with zero attached hydrogens (tertiary/aromatic N) is 3. The van der Waals surface area contributed by atoms with Gasteiger partial charge in [-0.15, -0.1) is 0 Å². The quantitative estimate of drug-likeness (QED) is 0.272. The second-order valence-corrected chi connectivity index (χ2v) is 9.32. The zero-order valence-electron chi connectivity index (χ0n) is 18.1. The van der Waals surface area contributed by atoms with Crippen LogP contribution in [0.4, 0.5) is 5.69 Å². The molecule has 10 heteroatoms. The molecular weight excluding hydrogens is 490 g/mol. The van der Waals surface area contributed by atoms with Crippen LogP contribution >= 0.6 is 35.5 Å². The lowest BCUT2D eigenvalue weighted by Gasteiger charge is -2.11. The van der Waals surface area contributed by atoms with Crippen LogP contribution in [0.15, 0.2) is 59.0 Å². The van der Waals surface area contributed by atoms with Crippen molar-refractivity contribution in [1.82, 2.24) is 19.0 Å². The van der Waals surface area contributed by atoms with Crippen molar-refractivity contribution in [1.29, 1.82) is 0 Å². The van der Waals surface area contributed by atoms with Gasteiger partial charge >= 0.3 is 0 Å². The topological polar surface area (TPSA) is 92.9 Å². The smallest absolute Gasteiger partial charge is 0.257 e. The molecule has 0 fully saturated rings. The predicted molar refractivity (Wildman–Crippen MR) is 140 cm³/mol. The molecule has 0 aliphatic rings. The van der Waals surface area contributed by atoms with E-state index in [1.54, 1.807) is 36.4 Å². The summed E-state index contributed by atoms with van der Waals surface area (Å²) in [7, 11) is 0. The first-order chi connectivity index (χ1) is 16.4. The maximum Gasteiger partial charge on any atom is 0.257 e. The molecule has 5 rings (SSSR count). The van der Waals surface area contributed by atoms with Crippen LogP contribution in [0, 0.1) is 0 Å². The highest BCUT2D eigenvalue weighted by Gasteiger charge is 2.15. The minimum Gasteiger partial charge on any atom is -0.436 e. The van der Waals surface area contributed by atoms with Gasteiger partial charge in [0.25, 0.3) is 5.91 Å². The van der Waals surface area contributed by atoms with Crippen LogP contribution in [0.25, 0.3) is 33.6 Å². The van der Waals surface area contributed by atoms with E-state index in [2.05, 4.69) is 38.2 Å². The van der Waals surface area contributed by atoms with Crippen molar-refractivity contribution in [2.45, 2.75) is 19.8 Å². The molecular formula is C24H18ClN5O2S2. The van der Waals surface area contributed by atoms with Gasteiger partial charge in [0.2, 0.25) is 5.89 Å². The number of anilines is 1. The van der Waals surface area contributed by atoms with Gasteiger partial charge in [0.15, 0.2) is 10.7 Å². The fourth-order valence-corrected chi connectivity index (χ4v) is 4.37. The summed E-state index contributed by atoms with van der Waals surface area (Å²) >= 11 is 12.9. The van der Waals surface area contributed by atoms with E-state index in [0.717, 1.165) is 22.8 Å². The molecule has 0 aliphatic carbocycles. The molecule has 3 aromatic carbocycles. The van der Waals surface area contributed by atoms with Gasteiger partial charge in [-0.2, -0.15) is 8.75 Å². The molecule has 170 valence electrons. The Morgan fingerprint density at radius 1 is 1.03 bits per heavy atom. The lowest BCUT2D eigenvalue weighted by Crippen LogP contribution is -2.34. The summed E-state index contributed by atoms with van der Waals surface area (Å²) in [6.07, 6.45) is 0. The minimum absolute atomic E-state index is 0.147. The van der Waals surface area contributed by atoms with Gasteiger partial charge in [-0.1, -0.05) is 31.5 Å². The fourth-order valence-electron chi connectivity index (χ4n) is 3.45. The van der Waals surface area contributed by atoms with Gasteiger partial charge in [0.05, 0.1) is 22.3 Å². The zero-order valence-corrected chi connectivity index (χ0v) is 20.5. The third kappa shape index (κ3) is 4.50. The van der Waals surface area contributed by atoms with Crippen LogP contribution in [-0.4, -0.2) is 24.8 Å². The van der Waals surface area contributed by atoms with Gasteiger partial charge in [-0.25, -0.2) is 4.98 Å². The van der Waals surface area contributed by atoms with Crippen molar-refractivity contribution in [3.05, 3.63) is 70.7 Å². The number of hydrogen-bond acceptors (Lipinski definition) is 7. The first kappa shape index (κ1) is 22.4. The van der Waals surface area contributed by atoms with Crippen molar-refractivity contribution < 1.29 is 9.21 Å². The Balaban J connectivity index is 1.34. The first-order valence-corrected chi connectivity index (χ1v) is 11.9. The van der Waals surface area contributed by atoms with Crippen molar-refractivity contribution >= 4 is 74.4 Å². The van der Waals surface area contributed by atoms with Gasteiger partial charge in [0, 0.05) is 11.3 Å². The molecule has 0 saturated carbocycles. The van der Waals surface area contributed by atoms with E-state index in [0.29, 0.717) is 44.7 Å². The van der Waals surface area contributed by atoms with Crippen molar-refractivity contribution in [2.75, 3.05) is 5.32 Å². The molecule has 0 aliphatic heterocycles. The number of rotatable bonds is 4. The number of halogens is 1. The number of thiocarbonyl (C=S) groups is 1. The number of carbonyl (C=O) groups is 1. The summed E-state index contributed by atoms with van der Waals surface area (Å²) in [6.45, 7) is 4.26. The van der Waals surface area contributed by atoms with Gasteiger partial charge in [-0.05, 0) is 72.2 Å². The maximum absolute atomic E-state index is 12.6. The lowest BCUT2D eigenvalue weighted by atomic mass is 10.0. The summed E-state index contributed by atoms with van der Waals surface area (Å²) in [4.78, 5) is 17.2. The number of carbonyl (C=O) groups excluding carboxylic acids is 1. The summed E-state index contributed by atoms with van der Waals surface area (Å²) < 4.78 is 14.2. The Hall–Kier alpha value is -3.40. The predicted octanol–water partition coefficient (Wildman–Crippen LogP) is 6.40. The van der Waals surface area contributed by atoms with Crippen molar-refractivity contribution in [3.8, 4) is 11.5 Å². The Morgan fingerprint density at radius 2 is 1.85 bits per heavy atom. The molecule has 0 atom stereocenters. The van der Waals surface area contributed by atoms with Crippen molar-refractivity contribution in [3.63, 3.8) is 0 Å². The lowest BCUT2D eigenvalue weighted by molar-refractivity contribution is 0.0978. The van der Waals surface area contributed by atoms with Crippen LogP contribution in [0.2, 0.25) is 5.02 Å². The minimum atomic E-state index is -0.346. The normalized spacial score (nSPS) is 11.3. The molecule has 1 amide bonds. The van der Waals surface area contributed by atoms with Gasteiger partial charge in [0.1, 0.15) is 16.6 Å². The SMILES string of the molecule is CC(C)c1ccc2oc(-c3cc(NC(=S)NC(=O)c4ccc5nsnc5c4)ccc3Cl)nc2c1. The molecule has 0 spiro atoms. The van der Waals surface area contributed by atoms with E-state index in [9.17, 15) is 4.79 Å². The Morgan fingerprint density at radius 3 is 2.68 bits per heavy atom. The number of benzene rings is 3. The number of oxazole rings is 1. The molecule has 0 saturated heterocycles. The van der Waals surface area contributed by atoms with E-state index in [-0.39, 0.29) is 11.0 Å². The standard InChI is InChI=1S/C24H18ClN5O2S2/c1-12(2)13-4-8-21-20(9-13)27-23(32-21)16-11-15(5-6-17(16)25)26-24(33)28-22(31)14-3-7-18-19(10-14)30-34-29-18/h3-12H,1-2H3,(H2,26,28,31,33). The molecule has 0 radical (unpaired) electrons. The third-order valence-electron chi connectivity index (χ3n) is 5.28. The van der Waals surface area contributed by atoms with Crippen LogP contribution < -0.4 is 10.6 Å². The zero-order chi connectivity index (χ0) is 23.8. The number of amides is 1. The second-order valence-electron chi connectivity index (χ2n) is 7.97. The Bertz CT molecular complexity index is 1560. The summed E-state index contributed by atoms with van der Waals surface area (Å²) in [6, 6.07) is 16.3. The Labute approximate surface area is 209 Å². The monoisotopic (exact) mass is 507 g/mol. The molecule has 0 bridgehead atoms. The van der Waals surface area contributed by atoms with Crippen LogP contribution in [0.5, 0.6) is 0 Å². The van der Waals surface area contributed by atoms with Crippen molar-refractivity contribution in [2.24, 2.45) is 0 Å². The Kier molecular flexibility index (Phi) is 5.99. The number of fused-ring (bicyclic) bond motifs is 2. The first-order valence-electron chi connectivity index (χ1n) is 10.4. The van der Waals surface area contributed by atoms with E-state index in [1.165, 1.54) is 5.56 Å². The molecule has 2 aromatic heterocycles. The third-order valence-corrected chi connectivity index (χ3v) is 6.37. The van der Waals surface area contributed by atoms with E-state index in [4.69, 9.17) is 28.2 Å². The number of aromatic nitrogens is 3. The number of nitrogens with one attached hydrogen (secondary N) is 2. The van der Waals surface area contributed by atoms with Gasteiger partial charge < -0.3 is 9.73 Å². The average molecular weight is 508 g/mol. The highest BCUT2D eigenvalue weighted by Crippen LogP contribution is 2.33. The molecule has 7 nitrogen and oxygen atoms in total. The molecule has 2 heterocycles. The molecule has 0 unspecified atom stereocenters. The summed E-state index contributed by atoms with van der Waals surface area (Å²) in [5.41, 5.74) is 5.73. The fraction of sp³-hybridized carbons (Fsp3) is 0.125. The summed E-state index contributed by atoms with van der Waals surface area (Å²) in [5.74, 6) is 0.447. The number of hydrogen-bond donors (Lipinski definition) is 2. The largest absolute Gasteiger partial charge is 0.436 e. The van der Waals surface area contributed by atoms with E-state index >= 15 is 0 Å². The average Bonchev–Trinajstić information content (AvgIpc) is 3.45. The van der Waals surface area contributed by atoms with Crippen LogP contribution in [0.3, 0.4) is 0 Å². The molecule has 5 aromatic rings. The maximum atomic E-state index is 12.6. The van der Waals surface area contributed by atoms with Crippen LogP contribution in [-0.2, 0) is 0 Å². The molecule has 2 N–H and O–H groups in total. The summed E-state index contributed by atoms with van der Waals surface area (Å²) in [5, 5.41) is 6.33. The highest BCUT2D eigenvalue weighted by atomic mass is 35.5. The molecule has 34 heavy (non-hydrogen) atoms. The second kappa shape index (κ2) is 9.09. The van der Waals surface area contributed by atoms with E-state index < -0.39 is 0 Å². The van der Waals surface area contributed by atoms with Crippen LogP contribution in [0.1, 0.15) is 35.7 Å². The van der Waals surface area contributed by atoms with Gasteiger partial charge in [-0.3, -0.25) is 10.1 Å². The van der Waals surface area contributed by atoms with E-state index in [1.807, 2.05) is 18.2 Å². The highest BCUT2D eigenvalue weighted by molar-refractivity contribution is 7.80.